The molecule has 0 radical (unpaired) electrons. The van der Waals surface area contributed by atoms with Gasteiger partial charge in [0, 0.05) is 23.8 Å². The SMILES string of the molecule is C.CC1(C)OC2[C@H](N)C[C@H](OCCO)[C@H]2O1.CCCSc1nc(Cl)c(N)c(Cl)n1.N[C@@H]1CC1c1ccc(F)c(F)c1. The Kier molecular flexibility index (Phi) is 13.9. The minimum absolute atomic E-state index is 0. The molecule has 0 spiro atoms. The zero-order valence-corrected chi connectivity index (χ0v) is 25.0. The number of anilines is 1. The number of nitrogens with zero attached hydrogens (tertiary/aromatic N) is 2. The third kappa shape index (κ3) is 10.1. The number of hydrogen-bond acceptors (Lipinski definition) is 10. The van der Waals surface area contributed by atoms with Gasteiger partial charge in [0.2, 0.25) is 0 Å². The lowest BCUT2D eigenvalue weighted by Crippen LogP contribution is -2.35. The highest BCUT2D eigenvalue weighted by atomic mass is 35.5. The second kappa shape index (κ2) is 15.9. The Hall–Kier alpha value is -1.35. The fraction of sp³-hybridized carbons (Fsp3) is 0.630. The molecule has 1 aliphatic heterocycles. The van der Waals surface area contributed by atoms with Gasteiger partial charge in [-0.2, -0.15) is 0 Å². The molecule has 0 amide bonds. The van der Waals surface area contributed by atoms with Crippen LogP contribution in [0.1, 0.15) is 58.9 Å². The Morgan fingerprint density at radius 2 is 1.68 bits per heavy atom. The van der Waals surface area contributed by atoms with Crippen LogP contribution < -0.4 is 17.2 Å². The molecule has 5 rings (SSSR count). The number of ether oxygens (including phenoxy) is 3. The molecule has 3 fully saturated rings. The number of aliphatic hydroxyl groups excluding tert-OH is 1. The number of thioether (sulfide) groups is 1. The summed E-state index contributed by atoms with van der Waals surface area (Å²) in [4.78, 5) is 7.96. The van der Waals surface area contributed by atoms with Crippen LogP contribution >= 0.6 is 35.0 Å². The average Bonchev–Trinajstić information content (AvgIpc) is 3.45. The molecule has 2 unspecified atom stereocenters. The van der Waals surface area contributed by atoms with Crippen LogP contribution in [0.25, 0.3) is 0 Å². The number of benzene rings is 1. The van der Waals surface area contributed by atoms with Gasteiger partial charge in [-0.05, 0) is 50.8 Å². The summed E-state index contributed by atoms with van der Waals surface area (Å²) in [5.74, 6) is -0.982. The van der Waals surface area contributed by atoms with Crippen LogP contribution in [0.15, 0.2) is 23.4 Å². The van der Waals surface area contributed by atoms with Gasteiger partial charge in [-0.15, -0.1) is 0 Å². The van der Waals surface area contributed by atoms with E-state index in [-0.39, 0.29) is 66.3 Å². The normalized spacial score (nSPS) is 27.1. The number of rotatable bonds is 7. The van der Waals surface area contributed by atoms with E-state index in [4.69, 9.17) is 59.7 Å². The average molecular weight is 641 g/mol. The van der Waals surface area contributed by atoms with Crippen LogP contribution in [-0.4, -0.2) is 70.2 Å². The third-order valence-electron chi connectivity index (χ3n) is 6.36. The summed E-state index contributed by atoms with van der Waals surface area (Å²) in [5, 5.41) is 9.72. The number of halogens is 4. The fourth-order valence-corrected chi connectivity index (χ4v) is 5.52. The fourth-order valence-electron chi connectivity index (χ4n) is 4.34. The molecule has 41 heavy (non-hydrogen) atoms. The Bertz CT molecular complexity index is 1120. The number of nitrogen functional groups attached to an aromatic ring is 1. The second-order valence-corrected chi connectivity index (χ2v) is 11.9. The van der Waals surface area contributed by atoms with E-state index >= 15 is 0 Å². The van der Waals surface area contributed by atoms with Crippen molar-refractivity contribution in [2.75, 3.05) is 24.7 Å². The molecule has 1 saturated heterocycles. The van der Waals surface area contributed by atoms with Crippen molar-refractivity contribution in [3.63, 3.8) is 0 Å². The maximum absolute atomic E-state index is 12.7. The lowest BCUT2D eigenvalue weighted by molar-refractivity contribution is -0.168. The first-order valence-electron chi connectivity index (χ1n) is 13.0. The number of hydrogen-bond donors (Lipinski definition) is 4. The Labute approximate surface area is 254 Å². The molecule has 1 aromatic heterocycles. The summed E-state index contributed by atoms with van der Waals surface area (Å²) in [5.41, 5.74) is 18.1. The maximum atomic E-state index is 12.7. The Balaban J connectivity index is 0.000000214. The van der Waals surface area contributed by atoms with Crippen LogP contribution in [0.4, 0.5) is 14.5 Å². The van der Waals surface area contributed by atoms with Gasteiger partial charge in [0.15, 0.2) is 32.9 Å². The number of aliphatic hydroxyl groups is 1. The summed E-state index contributed by atoms with van der Waals surface area (Å²) in [6.45, 7) is 6.17. The van der Waals surface area contributed by atoms with Crippen LogP contribution in [0.5, 0.6) is 0 Å². The molecule has 2 aromatic rings. The highest BCUT2D eigenvalue weighted by Crippen LogP contribution is 2.40. The van der Waals surface area contributed by atoms with Crippen molar-refractivity contribution in [3.8, 4) is 0 Å². The standard InChI is InChI=1S/C10H19NO4.C9H9F2N.C7H9Cl2N3S.CH4/c1-10(2)14-8-6(11)5-7(9(8)15-10)13-4-3-12;10-7-2-1-5(3-8(7)11)6-4-9(6)12;1-2-3-13-7-11-5(8)4(10)6(9)12-7;/h6-9,12H,3-5,11H2,1-2H3;1-3,6,9H,4,12H2;2-3,10H2,1H3;1H4/t6-,7+,8?,9-;6?,9-;;/m11../s1. The molecule has 9 nitrogen and oxygen atoms in total. The van der Waals surface area contributed by atoms with Gasteiger partial charge in [-0.1, -0.05) is 55.4 Å². The summed E-state index contributed by atoms with van der Waals surface area (Å²) in [6.07, 6.45) is 2.42. The molecule has 232 valence electrons. The van der Waals surface area contributed by atoms with Crippen molar-refractivity contribution in [2.24, 2.45) is 11.5 Å². The molecule has 7 N–H and O–H groups in total. The molecule has 1 aromatic carbocycles. The maximum Gasteiger partial charge on any atom is 0.190 e. The predicted octanol–water partition coefficient (Wildman–Crippen LogP) is 4.90. The monoisotopic (exact) mass is 639 g/mol. The topological polar surface area (TPSA) is 152 Å². The van der Waals surface area contributed by atoms with E-state index in [0.717, 1.165) is 36.6 Å². The van der Waals surface area contributed by atoms with Crippen molar-refractivity contribution in [3.05, 3.63) is 45.7 Å². The molecule has 3 aliphatic rings. The molecule has 0 bridgehead atoms. The lowest BCUT2D eigenvalue weighted by atomic mass is 10.1. The second-order valence-electron chi connectivity index (χ2n) is 10.1. The van der Waals surface area contributed by atoms with Gasteiger partial charge in [0.1, 0.15) is 17.9 Å². The van der Waals surface area contributed by atoms with Gasteiger partial charge in [0.25, 0.3) is 0 Å². The van der Waals surface area contributed by atoms with Crippen molar-refractivity contribution < 1.29 is 28.1 Å². The molecular weight excluding hydrogens is 599 g/mol. The quantitative estimate of drug-likeness (QED) is 0.187. The first kappa shape index (κ1) is 35.8. The van der Waals surface area contributed by atoms with Gasteiger partial charge in [-0.3, -0.25) is 0 Å². The van der Waals surface area contributed by atoms with Crippen LogP contribution in [0, 0.1) is 11.6 Å². The summed E-state index contributed by atoms with van der Waals surface area (Å²) in [6, 6.07) is 4.06. The largest absolute Gasteiger partial charge is 0.394 e. The summed E-state index contributed by atoms with van der Waals surface area (Å²) in [7, 11) is 0. The van der Waals surface area contributed by atoms with E-state index in [1.54, 1.807) is 6.07 Å². The minimum atomic E-state index is -0.798. The molecule has 2 aliphatic carbocycles. The predicted molar refractivity (Wildman–Crippen MR) is 159 cm³/mol. The third-order valence-corrected chi connectivity index (χ3v) is 7.99. The first-order chi connectivity index (χ1) is 18.9. The van der Waals surface area contributed by atoms with E-state index in [0.29, 0.717) is 11.8 Å². The van der Waals surface area contributed by atoms with Gasteiger partial charge in [-0.25, -0.2) is 18.7 Å². The molecule has 2 saturated carbocycles. The molecule has 6 atom stereocenters. The van der Waals surface area contributed by atoms with Gasteiger partial charge >= 0.3 is 0 Å². The first-order valence-corrected chi connectivity index (χ1v) is 14.8. The van der Waals surface area contributed by atoms with E-state index in [9.17, 15) is 8.78 Å². The zero-order chi connectivity index (χ0) is 29.6. The number of aromatic nitrogens is 2. The summed E-state index contributed by atoms with van der Waals surface area (Å²) >= 11 is 13.0. The van der Waals surface area contributed by atoms with Crippen molar-refractivity contribution in [2.45, 2.75) is 94.7 Å². The van der Waals surface area contributed by atoms with Crippen LogP contribution in [0.3, 0.4) is 0 Å². The van der Waals surface area contributed by atoms with E-state index in [1.165, 1.54) is 17.8 Å². The minimum Gasteiger partial charge on any atom is -0.394 e. The molecular formula is C27H41Cl2F2N5O4S. The van der Waals surface area contributed by atoms with E-state index < -0.39 is 17.4 Å². The smallest absolute Gasteiger partial charge is 0.190 e. The zero-order valence-electron chi connectivity index (χ0n) is 22.7. The molecule has 14 heteroatoms. The van der Waals surface area contributed by atoms with Crippen molar-refractivity contribution >= 4 is 40.7 Å². The van der Waals surface area contributed by atoms with Gasteiger partial charge < -0.3 is 36.5 Å². The summed E-state index contributed by atoms with van der Waals surface area (Å²) < 4.78 is 42.1. The van der Waals surface area contributed by atoms with Crippen molar-refractivity contribution in [1.29, 1.82) is 0 Å². The van der Waals surface area contributed by atoms with E-state index in [1.807, 2.05) is 13.8 Å². The Morgan fingerprint density at radius 1 is 1.07 bits per heavy atom. The Morgan fingerprint density at radius 3 is 2.22 bits per heavy atom. The highest BCUT2D eigenvalue weighted by molar-refractivity contribution is 7.99. The molecule has 2 heterocycles. The van der Waals surface area contributed by atoms with Crippen LogP contribution in [0.2, 0.25) is 10.3 Å². The van der Waals surface area contributed by atoms with E-state index in [2.05, 4.69) is 16.9 Å². The number of nitrogens with two attached hydrogens (primary N) is 3. The van der Waals surface area contributed by atoms with Gasteiger partial charge in [0.05, 0.1) is 19.3 Å². The van der Waals surface area contributed by atoms with Crippen LogP contribution in [-0.2, 0) is 14.2 Å². The van der Waals surface area contributed by atoms with Crippen molar-refractivity contribution in [1.82, 2.24) is 9.97 Å². The highest BCUT2D eigenvalue weighted by Gasteiger charge is 2.53. The lowest BCUT2D eigenvalue weighted by Gasteiger charge is -2.22. The number of fused-ring (bicyclic) bond motifs is 1.